The van der Waals surface area contributed by atoms with Gasteiger partial charge in [0.25, 0.3) is 5.91 Å². The fourth-order valence-electron chi connectivity index (χ4n) is 4.70. The van der Waals surface area contributed by atoms with Gasteiger partial charge in [-0.05, 0) is 37.5 Å². The fourth-order valence-corrected chi connectivity index (χ4v) is 4.70. The molecule has 1 amide bonds. The molecule has 1 saturated heterocycles. The summed E-state index contributed by atoms with van der Waals surface area (Å²) in [5, 5.41) is 0. The van der Waals surface area contributed by atoms with Crippen LogP contribution in [0.2, 0.25) is 0 Å². The Morgan fingerprint density at radius 1 is 1.06 bits per heavy atom. The van der Waals surface area contributed by atoms with Crippen LogP contribution in [-0.4, -0.2) is 38.3 Å². The number of nitrogens with zero attached hydrogens (tertiary/aromatic N) is 3. The molecule has 1 N–H and O–H groups in total. The van der Waals surface area contributed by atoms with Crippen molar-refractivity contribution in [1.82, 2.24) is 19.3 Å². The second-order valence-electron chi connectivity index (χ2n) is 8.39. The summed E-state index contributed by atoms with van der Waals surface area (Å²) in [6.07, 6.45) is 4.66. The van der Waals surface area contributed by atoms with Crippen molar-refractivity contribution in [2.75, 3.05) is 13.1 Å². The number of carbonyl (C=O) groups is 1. The molecular weight excluding hydrogens is 407 g/mol. The first kappa shape index (κ1) is 20.2. The van der Waals surface area contributed by atoms with Crippen LogP contribution >= 0.6 is 0 Å². The summed E-state index contributed by atoms with van der Waals surface area (Å²) in [6.45, 7) is 2.80. The third-order valence-corrected chi connectivity index (χ3v) is 6.34. The first-order valence-corrected chi connectivity index (χ1v) is 10.7. The molecule has 0 saturated carbocycles. The first-order valence-electron chi connectivity index (χ1n) is 10.7. The van der Waals surface area contributed by atoms with Crippen LogP contribution in [0, 0.1) is 12.7 Å². The zero-order valence-corrected chi connectivity index (χ0v) is 17.7. The minimum Gasteiger partial charge on any atom is -0.354 e. The SMILES string of the molecule is Cc1cc(=O)cc(C(=O)N2CCC(c3ccccc3)(c3cn4cc(F)ccc4n3)CC2)[nH]1. The predicted molar refractivity (Wildman–Crippen MR) is 119 cm³/mol. The van der Waals surface area contributed by atoms with Crippen molar-refractivity contribution in [3.05, 3.63) is 106 Å². The number of aromatic amines is 1. The number of nitrogens with one attached hydrogen (secondary N) is 1. The first-order chi connectivity index (χ1) is 15.4. The van der Waals surface area contributed by atoms with Gasteiger partial charge in [-0.15, -0.1) is 0 Å². The smallest absolute Gasteiger partial charge is 0.270 e. The summed E-state index contributed by atoms with van der Waals surface area (Å²) in [5.41, 5.74) is 3.08. The molecule has 32 heavy (non-hydrogen) atoms. The number of amides is 1. The molecule has 0 atom stereocenters. The number of likely N-dealkylation sites (tertiary alicyclic amines) is 1. The average Bonchev–Trinajstić information content (AvgIpc) is 3.22. The Kier molecular flexibility index (Phi) is 4.89. The van der Waals surface area contributed by atoms with Crippen LogP contribution in [0.15, 0.2) is 71.8 Å². The topological polar surface area (TPSA) is 70.5 Å². The van der Waals surface area contributed by atoms with Gasteiger partial charge < -0.3 is 14.3 Å². The number of benzene rings is 1. The monoisotopic (exact) mass is 430 g/mol. The number of hydrogen-bond donors (Lipinski definition) is 1. The molecule has 0 spiro atoms. The normalized spacial score (nSPS) is 15.8. The number of rotatable bonds is 3. The number of aromatic nitrogens is 3. The lowest BCUT2D eigenvalue weighted by atomic mass is 9.70. The van der Waals surface area contributed by atoms with Gasteiger partial charge in [-0.25, -0.2) is 9.37 Å². The fraction of sp³-hybridized carbons (Fsp3) is 0.240. The van der Waals surface area contributed by atoms with E-state index in [1.165, 1.54) is 24.4 Å². The number of carbonyl (C=O) groups excluding carboxylic acids is 1. The summed E-state index contributed by atoms with van der Waals surface area (Å²) < 4.78 is 15.5. The van der Waals surface area contributed by atoms with E-state index in [1.807, 2.05) is 24.4 Å². The number of halogens is 1. The maximum Gasteiger partial charge on any atom is 0.270 e. The van der Waals surface area contributed by atoms with Crippen molar-refractivity contribution >= 4 is 11.6 Å². The molecule has 6 nitrogen and oxygen atoms in total. The van der Waals surface area contributed by atoms with Gasteiger partial charge in [0.05, 0.1) is 5.69 Å². The van der Waals surface area contributed by atoms with Crippen molar-refractivity contribution in [1.29, 1.82) is 0 Å². The number of aryl methyl sites for hydroxylation is 1. The quantitative estimate of drug-likeness (QED) is 0.539. The minimum atomic E-state index is -0.388. The van der Waals surface area contributed by atoms with Crippen LogP contribution in [0.25, 0.3) is 5.65 Å². The van der Waals surface area contributed by atoms with E-state index in [0.717, 1.165) is 11.3 Å². The zero-order chi connectivity index (χ0) is 22.3. The van der Waals surface area contributed by atoms with Gasteiger partial charge in [-0.2, -0.15) is 0 Å². The molecule has 1 aliphatic heterocycles. The molecule has 1 fully saturated rings. The highest BCUT2D eigenvalue weighted by molar-refractivity contribution is 5.92. The van der Waals surface area contributed by atoms with E-state index < -0.39 is 0 Å². The molecule has 0 bridgehead atoms. The predicted octanol–water partition coefficient (Wildman–Crippen LogP) is 3.69. The average molecular weight is 430 g/mol. The third-order valence-electron chi connectivity index (χ3n) is 6.34. The van der Waals surface area contributed by atoms with E-state index in [1.54, 1.807) is 22.3 Å². The molecule has 1 aliphatic rings. The maximum absolute atomic E-state index is 13.7. The number of piperidine rings is 1. The van der Waals surface area contributed by atoms with Gasteiger partial charge in [0.15, 0.2) is 5.43 Å². The van der Waals surface area contributed by atoms with Gasteiger partial charge in [-0.3, -0.25) is 9.59 Å². The van der Waals surface area contributed by atoms with E-state index >= 15 is 0 Å². The number of hydrogen-bond acceptors (Lipinski definition) is 3. The van der Waals surface area contributed by atoms with Gasteiger partial charge in [0.1, 0.15) is 17.2 Å². The van der Waals surface area contributed by atoms with Gasteiger partial charge in [0, 0.05) is 48.7 Å². The van der Waals surface area contributed by atoms with Crippen LogP contribution in [-0.2, 0) is 5.41 Å². The number of fused-ring (bicyclic) bond motifs is 1. The van der Waals surface area contributed by atoms with Crippen LogP contribution in [0.4, 0.5) is 4.39 Å². The number of H-pyrrole nitrogens is 1. The van der Waals surface area contributed by atoms with Crippen LogP contribution in [0.5, 0.6) is 0 Å². The Morgan fingerprint density at radius 2 is 1.81 bits per heavy atom. The summed E-state index contributed by atoms with van der Waals surface area (Å²) in [5.74, 6) is -0.493. The highest BCUT2D eigenvalue weighted by atomic mass is 19.1. The zero-order valence-electron chi connectivity index (χ0n) is 17.7. The summed E-state index contributed by atoms with van der Waals surface area (Å²) in [7, 11) is 0. The van der Waals surface area contributed by atoms with Crippen LogP contribution < -0.4 is 5.43 Å². The molecule has 3 aromatic heterocycles. The summed E-state index contributed by atoms with van der Waals surface area (Å²) in [4.78, 5) is 34.5. The standard InChI is InChI=1S/C25H23FN4O2/c1-17-13-20(31)14-21(27-17)24(32)29-11-9-25(10-12-29,18-5-3-2-4-6-18)22-16-30-15-19(26)7-8-23(30)28-22/h2-8,13-16H,9-12H2,1H3,(H,27,31). The van der Waals surface area contributed by atoms with Crippen molar-refractivity contribution in [3.63, 3.8) is 0 Å². The molecule has 4 aromatic rings. The molecule has 5 rings (SSSR count). The molecule has 0 aliphatic carbocycles. The third kappa shape index (κ3) is 3.49. The van der Waals surface area contributed by atoms with E-state index in [-0.39, 0.29) is 22.6 Å². The van der Waals surface area contributed by atoms with E-state index in [9.17, 15) is 14.0 Å². The number of imidazole rings is 1. The molecular formula is C25H23FN4O2. The highest BCUT2D eigenvalue weighted by Crippen LogP contribution is 2.41. The van der Waals surface area contributed by atoms with Crippen molar-refractivity contribution < 1.29 is 9.18 Å². The molecule has 0 unspecified atom stereocenters. The molecule has 0 radical (unpaired) electrons. The number of pyridine rings is 2. The Hall–Kier alpha value is -3.74. The minimum absolute atomic E-state index is 0.176. The molecule has 1 aromatic carbocycles. The lowest BCUT2D eigenvalue weighted by molar-refractivity contribution is 0.0677. The summed E-state index contributed by atoms with van der Waals surface area (Å²) in [6, 6.07) is 16.0. The van der Waals surface area contributed by atoms with Crippen molar-refractivity contribution in [2.45, 2.75) is 25.2 Å². The maximum atomic E-state index is 13.7. The van der Waals surface area contributed by atoms with Crippen LogP contribution in [0.3, 0.4) is 0 Å². The van der Waals surface area contributed by atoms with Gasteiger partial charge in [0.2, 0.25) is 0 Å². The second kappa shape index (κ2) is 7.75. The molecule has 162 valence electrons. The summed E-state index contributed by atoms with van der Waals surface area (Å²) >= 11 is 0. The van der Waals surface area contributed by atoms with Crippen LogP contribution in [0.1, 0.15) is 40.3 Å². The van der Waals surface area contributed by atoms with E-state index in [2.05, 4.69) is 17.1 Å². The molecule has 4 heterocycles. The van der Waals surface area contributed by atoms with Crippen molar-refractivity contribution in [3.8, 4) is 0 Å². The largest absolute Gasteiger partial charge is 0.354 e. The van der Waals surface area contributed by atoms with Crippen molar-refractivity contribution in [2.24, 2.45) is 0 Å². The lowest BCUT2D eigenvalue weighted by Crippen LogP contribution is -2.46. The van der Waals surface area contributed by atoms with Gasteiger partial charge in [-0.1, -0.05) is 30.3 Å². The van der Waals surface area contributed by atoms with E-state index in [0.29, 0.717) is 43.0 Å². The Bertz CT molecular complexity index is 1350. The highest BCUT2D eigenvalue weighted by Gasteiger charge is 2.41. The Balaban J connectivity index is 1.49. The second-order valence-corrected chi connectivity index (χ2v) is 8.39. The van der Waals surface area contributed by atoms with E-state index in [4.69, 9.17) is 4.98 Å². The van der Waals surface area contributed by atoms with Gasteiger partial charge >= 0.3 is 0 Å². The Labute approximate surface area is 184 Å². The lowest BCUT2D eigenvalue weighted by Gasteiger charge is -2.41. The molecule has 7 heteroatoms. The Morgan fingerprint density at radius 3 is 2.53 bits per heavy atom.